The third-order valence-electron chi connectivity index (χ3n) is 5.55. The second-order valence-corrected chi connectivity index (χ2v) is 7.36. The molecule has 142 valence electrons. The zero-order valence-corrected chi connectivity index (χ0v) is 15.8. The lowest BCUT2D eigenvalue weighted by molar-refractivity contribution is 0.277. The van der Waals surface area contributed by atoms with E-state index >= 15 is 0 Å². The van der Waals surface area contributed by atoms with Crippen molar-refractivity contribution >= 4 is 39.1 Å². The largest absolute Gasteiger partial charge is 0.371 e. The molecule has 4 heterocycles. The molecule has 0 atom stereocenters. The Morgan fingerprint density at radius 3 is 2.79 bits per heavy atom. The van der Waals surface area contributed by atoms with Gasteiger partial charge in [0.15, 0.2) is 0 Å². The van der Waals surface area contributed by atoms with E-state index in [-0.39, 0.29) is 0 Å². The standard InChI is InChI=1S/C22H22FN5/c1-27-20-7-10-24-14-19(20)18-5-6-21(26-22(18)27)25-16-3-2-4-17(13-16)28-11-8-15(23)9-12-28/h2-7,10,13-15H,8-9,11-12H2,1H3,(H,25,26). The number of aromatic nitrogens is 3. The van der Waals surface area contributed by atoms with E-state index in [0.29, 0.717) is 12.8 Å². The Labute approximate surface area is 162 Å². The highest BCUT2D eigenvalue weighted by molar-refractivity contribution is 6.06. The predicted octanol–water partition coefficient (Wildman–Crippen LogP) is 4.80. The van der Waals surface area contributed by atoms with Crippen LogP contribution in [0, 0.1) is 0 Å². The van der Waals surface area contributed by atoms with Crippen molar-refractivity contribution in [3.8, 4) is 0 Å². The summed E-state index contributed by atoms with van der Waals surface area (Å²) in [5, 5.41) is 5.62. The van der Waals surface area contributed by atoms with Crippen LogP contribution >= 0.6 is 0 Å². The number of anilines is 3. The molecule has 1 saturated heterocycles. The Bertz CT molecular complexity index is 1140. The smallest absolute Gasteiger partial charge is 0.143 e. The second kappa shape index (κ2) is 6.78. The number of fused-ring (bicyclic) bond motifs is 3. The molecule has 5 rings (SSSR count). The van der Waals surface area contributed by atoms with E-state index in [1.54, 1.807) is 6.20 Å². The Morgan fingerprint density at radius 1 is 1.07 bits per heavy atom. The van der Waals surface area contributed by atoms with E-state index in [2.05, 4.69) is 38.0 Å². The van der Waals surface area contributed by atoms with Gasteiger partial charge in [-0.25, -0.2) is 9.37 Å². The maximum atomic E-state index is 13.4. The third-order valence-corrected chi connectivity index (χ3v) is 5.55. The molecule has 1 aliphatic rings. The lowest BCUT2D eigenvalue weighted by Crippen LogP contribution is -2.34. The molecular weight excluding hydrogens is 353 g/mol. The number of hydrogen-bond donors (Lipinski definition) is 1. The maximum absolute atomic E-state index is 13.4. The number of pyridine rings is 2. The van der Waals surface area contributed by atoms with E-state index in [1.165, 1.54) is 0 Å². The number of halogens is 1. The van der Waals surface area contributed by atoms with E-state index in [0.717, 1.165) is 52.2 Å². The van der Waals surface area contributed by atoms with Gasteiger partial charge in [0.05, 0.1) is 5.52 Å². The minimum atomic E-state index is -0.663. The number of piperidine rings is 1. The number of hydrogen-bond acceptors (Lipinski definition) is 4. The molecule has 3 aromatic heterocycles. The Hall–Kier alpha value is -3.15. The van der Waals surface area contributed by atoms with Crippen molar-refractivity contribution in [2.45, 2.75) is 19.0 Å². The first kappa shape index (κ1) is 17.0. The van der Waals surface area contributed by atoms with Crippen molar-refractivity contribution in [2.75, 3.05) is 23.3 Å². The van der Waals surface area contributed by atoms with E-state index < -0.39 is 6.17 Å². The average Bonchev–Trinajstić information content (AvgIpc) is 3.01. The molecule has 1 fully saturated rings. The molecule has 1 aliphatic heterocycles. The highest BCUT2D eigenvalue weighted by atomic mass is 19.1. The van der Waals surface area contributed by atoms with Gasteiger partial charge < -0.3 is 14.8 Å². The van der Waals surface area contributed by atoms with E-state index in [1.807, 2.05) is 37.5 Å². The van der Waals surface area contributed by atoms with Crippen LogP contribution in [-0.4, -0.2) is 33.8 Å². The second-order valence-electron chi connectivity index (χ2n) is 7.36. The van der Waals surface area contributed by atoms with Crippen LogP contribution in [0.4, 0.5) is 21.6 Å². The molecule has 6 heteroatoms. The van der Waals surface area contributed by atoms with Crippen molar-refractivity contribution in [1.29, 1.82) is 0 Å². The minimum Gasteiger partial charge on any atom is -0.371 e. The average molecular weight is 375 g/mol. The quantitative estimate of drug-likeness (QED) is 0.559. The first-order valence-corrected chi connectivity index (χ1v) is 9.64. The summed E-state index contributed by atoms with van der Waals surface area (Å²) in [6, 6.07) is 14.3. The molecule has 0 saturated carbocycles. The molecule has 1 aromatic carbocycles. The Morgan fingerprint density at radius 2 is 1.93 bits per heavy atom. The van der Waals surface area contributed by atoms with Gasteiger partial charge in [-0.05, 0) is 49.2 Å². The lowest BCUT2D eigenvalue weighted by Gasteiger charge is -2.30. The lowest BCUT2D eigenvalue weighted by atomic mass is 10.1. The maximum Gasteiger partial charge on any atom is 0.143 e. The fraction of sp³-hybridized carbons (Fsp3) is 0.273. The molecule has 0 bridgehead atoms. The normalized spacial score (nSPS) is 15.4. The van der Waals surface area contributed by atoms with Gasteiger partial charge in [-0.3, -0.25) is 4.98 Å². The van der Waals surface area contributed by atoms with Crippen LogP contribution in [0.25, 0.3) is 21.9 Å². The highest BCUT2D eigenvalue weighted by Crippen LogP contribution is 2.29. The van der Waals surface area contributed by atoms with Crippen molar-refractivity contribution in [1.82, 2.24) is 14.5 Å². The summed E-state index contributed by atoms with van der Waals surface area (Å²) in [6.07, 6.45) is 4.23. The summed E-state index contributed by atoms with van der Waals surface area (Å²) in [6.45, 7) is 1.53. The van der Waals surface area contributed by atoms with Crippen LogP contribution in [-0.2, 0) is 7.05 Å². The summed E-state index contributed by atoms with van der Waals surface area (Å²) < 4.78 is 15.5. The summed E-state index contributed by atoms with van der Waals surface area (Å²) in [5.74, 6) is 0.797. The van der Waals surface area contributed by atoms with Crippen LogP contribution in [0.1, 0.15) is 12.8 Å². The molecule has 0 radical (unpaired) electrons. The topological polar surface area (TPSA) is 46.0 Å². The van der Waals surface area contributed by atoms with Gasteiger partial charge in [0.2, 0.25) is 0 Å². The molecule has 1 N–H and O–H groups in total. The number of aryl methyl sites for hydroxylation is 1. The third kappa shape index (κ3) is 2.95. The van der Waals surface area contributed by atoms with Crippen LogP contribution in [0.2, 0.25) is 0 Å². The summed E-state index contributed by atoms with van der Waals surface area (Å²) >= 11 is 0. The molecule has 0 aliphatic carbocycles. The van der Waals surface area contributed by atoms with E-state index in [4.69, 9.17) is 4.98 Å². The van der Waals surface area contributed by atoms with E-state index in [9.17, 15) is 4.39 Å². The van der Waals surface area contributed by atoms with Crippen LogP contribution < -0.4 is 10.2 Å². The van der Waals surface area contributed by atoms with Crippen molar-refractivity contribution in [2.24, 2.45) is 7.05 Å². The number of nitrogens with zero attached hydrogens (tertiary/aromatic N) is 4. The SMILES string of the molecule is Cn1c2ccncc2c2ccc(Nc3cccc(N4CCC(F)CC4)c3)nc21. The molecule has 0 spiro atoms. The van der Waals surface area contributed by atoms with Crippen LogP contribution in [0.5, 0.6) is 0 Å². The number of nitrogens with one attached hydrogen (secondary N) is 1. The number of rotatable bonds is 3. The Balaban J connectivity index is 1.44. The van der Waals surface area contributed by atoms with Gasteiger partial charge in [-0.1, -0.05) is 6.07 Å². The molecule has 0 amide bonds. The monoisotopic (exact) mass is 375 g/mol. The molecular formula is C22H22FN5. The minimum absolute atomic E-state index is 0.603. The highest BCUT2D eigenvalue weighted by Gasteiger charge is 2.18. The van der Waals surface area contributed by atoms with Crippen molar-refractivity contribution in [3.05, 3.63) is 54.9 Å². The first-order valence-electron chi connectivity index (χ1n) is 9.64. The fourth-order valence-corrected chi connectivity index (χ4v) is 4.02. The molecule has 4 aromatic rings. The van der Waals surface area contributed by atoms with Crippen molar-refractivity contribution in [3.63, 3.8) is 0 Å². The zero-order chi connectivity index (χ0) is 19.1. The van der Waals surface area contributed by atoms with Crippen LogP contribution in [0.3, 0.4) is 0 Å². The van der Waals surface area contributed by atoms with Gasteiger partial charge in [0, 0.05) is 54.7 Å². The fourth-order valence-electron chi connectivity index (χ4n) is 4.02. The van der Waals surface area contributed by atoms with Gasteiger partial charge in [0.25, 0.3) is 0 Å². The molecule has 5 nitrogen and oxygen atoms in total. The van der Waals surface area contributed by atoms with Gasteiger partial charge in [-0.15, -0.1) is 0 Å². The number of benzene rings is 1. The Kier molecular flexibility index (Phi) is 4.11. The summed E-state index contributed by atoms with van der Waals surface area (Å²) in [7, 11) is 2.02. The molecule has 0 unspecified atom stereocenters. The predicted molar refractivity (Wildman–Crippen MR) is 112 cm³/mol. The van der Waals surface area contributed by atoms with Gasteiger partial charge in [0.1, 0.15) is 17.6 Å². The van der Waals surface area contributed by atoms with Crippen LogP contribution in [0.15, 0.2) is 54.9 Å². The van der Waals surface area contributed by atoms with Crippen molar-refractivity contribution < 1.29 is 4.39 Å². The first-order chi connectivity index (χ1) is 13.7. The van der Waals surface area contributed by atoms with Gasteiger partial charge in [-0.2, -0.15) is 0 Å². The molecule has 28 heavy (non-hydrogen) atoms. The number of alkyl halides is 1. The van der Waals surface area contributed by atoms with Gasteiger partial charge >= 0.3 is 0 Å². The summed E-state index contributed by atoms with van der Waals surface area (Å²) in [5.41, 5.74) is 4.14. The summed E-state index contributed by atoms with van der Waals surface area (Å²) in [4.78, 5) is 11.3. The zero-order valence-electron chi connectivity index (χ0n) is 15.8.